The summed E-state index contributed by atoms with van der Waals surface area (Å²) < 4.78 is 5.72. The lowest BCUT2D eigenvalue weighted by Gasteiger charge is -2.32. The third-order valence-electron chi connectivity index (χ3n) is 3.43. The van der Waals surface area contributed by atoms with Gasteiger partial charge in [-0.15, -0.1) is 11.3 Å². The largest absolute Gasteiger partial charge is 0.367 e. The van der Waals surface area contributed by atoms with Crippen LogP contribution in [0.3, 0.4) is 0 Å². The maximum atomic E-state index is 12.3. The highest BCUT2D eigenvalue weighted by molar-refractivity contribution is 7.10. The molecule has 2 aromatic rings. The van der Waals surface area contributed by atoms with Crippen LogP contribution in [0.4, 0.5) is 0 Å². The van der Waals surface area contributed by atoms with Crippen LogP contribution in [0.5, 0.6) is 0 Å². The maximum Gasteiger partial charge on any atom is 0.228 e. The highest BCUT2D eigenvalue weighted by Gasteiger charge is 2.27. The van der Waals surface area contributed by atoms with Crippen LogP contribution in [0.15, 0.2) is 29.8 Å². The number of rotatable bonds is 3. The Morgan fingerprint density at radius 1 is 1.52 bits per heavy atom. The first-order chi connectivity index (χ1) is 10.2. The molecule has 0 aromatic carbocycles. The van der Waals surface area contributed by atoms with Crippen molar-refractivity contribution in [3.8, 4) is 0 Å². The SMILES string of the molecule is Cc1ccnc(C2CN(C(=O)Cc3cccs3)CCO2)n1. The molecule has 1 amide bonds. The molecule has 0 saturated carbocycles. The summed E-state index contributed by atoms with van der Waals surface area (Å²) in [5.41, 5.74) is 0.908. The highest BCUT2D eigenvalue weighted by atomic mass is 32.1. The average molecular weight is 303 g/mol. The number of amides is 1. The van der Waals surface area contributed by atoms with Crippen molar-refractivity contribution < 1.29 is 9.53 Å². The number of aryl methyl sites for hydroxylation is 1. The summed E-state index contributed by atoms with van der Waals surface area (Å²) in [6, 6.07) is 5.81. The number of nitrogens with zero attached hydrogens (tertiary/aromatic N) is 3. The molecule has 3 heterocycles. The molecule has 1 atom stereocenters. The lowest BCUT2D eigenvalue weighted by Crippen LogP contribution is -2.43. The van der Waals surface area contributed by atoms with Crippen molar-refractivity contribution >= 4 is 17.2 Å². The van der Waals surface area contributed by atoms with Gasteiger partial charge in [0.1, 0.15) is 6.10 Å². The zero-order chi connectivity index (χ0) is 14.7. The Labute approximate surface area is 127 Å². The highest BCUT2D eigenvalue weighted by Crippen LogP contribution is 2.20. The van der Waals surface area contributed by atoms with Gasteiger partial charge in [0.25, 0.3) is 0 Å². The molecule has 0 radical (unpaired) electrons. The first kappa shape index (κ1) is 14.2. The Bertz CT molecular complexity index is 615. The van der Waals surface area contributed by atoms with Crippen LogP contribution in [0.25, 0.3) is 0 Å². The summed E-state index contributed by atoms with van der Waals surface area (Å²) in [4.78, 5) is 23.9. The standard InChI is InChI=1S/C15H17N3O2S/c1-11-4-5-16-15(17-11)13-10-18(6-7-20-13)14(19)9-12-3-2-8-21-12/h2-5,8,13H,6-7,9-10H2,1H3. The van der Waals surface area contributed by atoms with Gasteiger partial charge in [-0.05, 0) is 24.4 Å². The number of ether oxygens (including phenoxy) is 1. The fraction of sp³-hybridized carbons (Fsp3) is 0.400. The summed E-state index contributed by atoms with van der Waals surface area (Å²) >= 11 is 1.61. The average Bonchev–Trinajstić information content (AvgIpc) is 3.00. The Kier molecular flexibility index (Phi) is 4.26. The van der Waals surface area contributed by atoms with Crippen LogP contribution in [-0.4, -0.2) is 40.5 Å². The van der Waals surface area contributed by atoms with Crippen LogP contribution in [-0.2, 0) is 16.0 Å². The van der Waals surface area contributed by atoms with Crippen molar-refractivity contribution in [1.82, 2.24) is 14.9 Å². The van der Waals surface area contributed by atoms with Gasteiger partial charge < -0.3 is 9.64 Å². The molecule has 5 nitrogen and oxygen atoms in total. The quantitative estimate of drug-likeness (QED) is 0.870. The molecule has 0 bridgehead atoms. The molecular formula is C15H17N3O2S. The Balaban J connectivity index is 1.66. The maximum absolute atomic E-state index is 12.3. The molecule has 2 aromatic heterocycles. The number of carbonyl (C=O) groups is 1. The first-order valence-corrected chi connectivity index (χ1v) is 7.81. The van der Waals surface area contributed by atoms with E-state index in [0.717, 1.165) is 10.6 Å². The molecule has 1 aliphatic heterocycles. The van der Waals surface area contributed by atoms with Gasteiger partial charge >= 0.3 is 0 Å². The van der Waals surface area contributed by atoms with Gasteiger partial charge in [0.2, 0.25) is 5.91 Å². The van der Waals surface area contributed by atoms with E-state index in [1.54, 1.807) is 17.5 Å². The molecule has 0 spiro atoms. The third kappa shape index (κ3) is 3.46. The molecule has 0 aliphatic carbocycles. The monoisotopic (exact) mass is 303 g/mol. The van der Waals surface area contributed by atoms with Crippen molar-refractivity contribution in [3.05, 3.63) is 46.2 Å². The lowest BCUT2D eigenvalue weighted by atomic mass is 10.2. The smallest absolute Gasteiger partial charge is 0.228 e. The molecular weight excluding hydrogens is 286 g/mol. The van der Waals surface area contributed by atoms with E-state index in [4.69, 9.17) is 4.74 Å². The zero-order valence-electron chi connectivity index (χ0n) is 11.9. The zero-order valence-corrected chi connectivity index (χ0v) is 12.7. The molecule has 3 rings (SSSR count). The van der Waals surface area contributed by atoms with Crippen molar-refractivity contribution in [2.45, 2.75) is 19.4 Å². The van der Waals surface area contributed by atoms with E-state index in [2.05, 4.69) is 9.97 Å². The van der Waals surface area contributed by atoms with Gasteiger partial charge in [-0.25, -0.2) is 9.97 Å². The van der Waals surface area contributed by atoms with Gasteiger partial charge in [0.15, 0.2) is 5.82 Å². The van der Waals surface area contributed by atoms with E-state index in [1.807, 2.05) is 35.4 Å². The van der Waals surface area contributed by atoms with Crippen LogP contribution in [0.2, 0.25) is 0 Å². The summed E-state index contributed by atoms with van der Waals surface area (Å²) in [5.74, 6) is 0.794. The van der Waals surface area contributed by atoms with E-state index in [-0.39, 0.29) is 12.0 Å². The van der Waals surface area contributed by atoms with Crippen molar-refractivity contribution in [2.24, 2.45) is 0 Å². The Morgan fingerprint density at radius 2 is 2.43 bits per heavy atom. The van der Waals surface area contributed by atoms with Crippen LogP contribution in [0.1, 0.15) is 22.5 Å². The molecule has 21 heavy (non-hydrogen) atoms. The second kappa shape index (κ2) is 6.32. The van der Waals surface area contributed by atoms with Gasteiger partial charge in [-0.1, -0.05) is 6.07 Å². The molecule has 1 aliphatic rings. The van der Waals surface area contributed by atoms with Gasteiger partial charge in [0.05, 0.1) is 19.6 Å². The predicted octanol–water partition coefficient (Wildman–Crippen LogP) is 1.99. The van der Waals surface area contributed by atoms with Gasteiger partial charge in [0, 0.05) is 23.3 Å². The fourth-order valence-electron chi connectivity index (χ4n) is 2.33. The second-order valence-electron chi connectivity index (χ2n) is 5.01. The van der Waals surface area contributed by atoms with Gasteiger partial charge in [-0.2, -0.15) is 0 Å². The lowest BCUT2D eigenvalue weighted by molar-refractivity contribution is -0.138. The second-order valence-corrected chi connectivity index (χ2v) is 6.04. The minimum atomic E-state index is -0.231. The molecule has 1 fully saturated rings. The van der Waals surface area contributed by atoms with Crippen molar-refractivity contribution in [2.75, 3.05) is 19.7 Å². The normalized spacial score (nSPS) is 18.7. The van der Waals surface area contributed by atoms with Crippen LogP contribution < -0.4 is 0 Å². The van der Waals surface area contributed by atoms with E-state index in [9.17, 15) is 4.79 Å². The van der Waals surface area contributed by atoms with Crippen LogP contribution in [0, 0.1) is 6.92 Å². The minimum Gasteiger partial charge on any atom is -0.367 e. The molecule has 0 N–H and O–H groups in total. The van der Waals surface area contributed by atoms with Crippen molar-refractivity contribution in [3.63, 3.8) is 0 Å². The topological polar surface area (TPSA) is 55.3 Å². The Morgan fingerprint density at radius 3 is 3.19 bits per heavy atom. The number of carbonyl (C=O) groups excluding carboxylic acids is 1. The predicted molar refractivity (Wildman–Crippen MR) is 80.1 cm³/mol. The number of thiophene rings is 1. The van der Waals surface area contributed by atoms with E-state index in [1.165, 1.54) is 0 Å². The van der Waals surface area contributed by atoms with Gasteiger partial charge in [-0.3, -0.25) is 4.79 Å². The number of aromatic nitrogens is 2. The van der Waals surface area contributed by atoms with Crippen LogP contribution >= 0.6 is 11.3 Å². The molecule has 6 heteroatoms. The number of hydrogen-bond acceptors (Lipinski definition) is 5. The molecule has 110 valence electrons. The summed E-state index contributed by atoms with van der Waals surface area (Å²) in [6.45, 7) is 3.60. The number of hydrogen-bond donors (Lipinski definition) is 0. The molecule has 1 saturated heterocycles. The van der Waals surface area contributed by atoms with Crippen molar-refractivity contribution in [1.29, 1.82) is 0 Å². The van der Waals surface area contributed by atoms with E-state index in [0.29, 0.717) is 31.9 Å². The third-order valence-corrected chi connectivity index (χ3v) is 4.30. The number of morpholine rings is 1. The van der Waals surface area contributed by atoms with E-state index >= 15 is 0 Å². The first-order valence-electron chi connectivity index (χ1n) is 6.93. The summed E-state index contributed by atoms with van der Waals surface area (Å²) in [7, 11) is 0. The summed E-state index contributed by atoms with van der Waals surface area (Å²) in [5, 5.41) is 1.99. The molecule has 1 unspecified atom stereocenters. The minimum absolute atomic E-state index is 0.137. The van der Waals surface area contributed by atoms with E-state index < -0.39 is 0 Å². The Hall–Kier alpha value is -1.79. The fourth-order valence-corrected chi connectivity index (χ4v) is 3.03. The summed E-state index contributed by atoms with van der Waals surface area (Å²) in [6.07, 6.45) is 1.96.